The summed E-state index contributed by atoms with van der Waals surface area (Å²) in [5.41, 5.74) is 0.0338. The molecule has 0 aliphatic carbocycles. The van der Waals surface area contributed by atoms with E-state index in [2.05, 4.69) is 10.1 Å². The number of aromatic nitrogens is 2. The lowest BCUT2D eigenvalue weighted by Gasteiger charge is -2.00. The Bertz CT molecular complexity index is 551. The van der Waals surface area contributed by atoms with Gasteiger partial charge in [0.05, 0.1) is 5.56 Å². The van der Waals surface area contributed by atoms with Crippen LogP contribution in [0.4, 0.5) is 4.39 Å². The van der Waals surface area contributed by atoms with Crippen LogP contribution in [-0.4, -0.2) is 21.2 Å². The first-order chi connectivity index (χ1) is 7.58. The lowest BCUT2D eigenvalue weighted by molar-refractivity contribution is 0.0697. The van der Waals surface area contributed by atoms with Crippen molar-refractivity contribution >= 4 is 5.97 Å². The molecule has 0 saturated carbocycles. The second kappa shape index (κ2) is 3.73. The van der Waals surface area contributed by atoms with Crippen LogP contribution in [0, 0.1) is 12.7 Å². The minimum atomic E-state index is -1.17. The van der Waals surface area contributed by atoms with Crippen LogP contribution in [0.15, 0.2) is 22.7 Å². The minimum Gasteiger partial charge on any atom is -0.478 e. The number of nitrogens with zero attached hydrogens (tertiary/aromatic N) is 2. The van der Waals surface area contributed by atoms with Gasteiger partial charge in [-0.15, -0.1) is 0 Å². The SMILES string of the molecule is Cc1nc(-c2cc(F)ccc2C(=O)O)no1. The third kappa shape index (κ3) is 1.77. The normalized spacial score (nSPS) is 10.4. The van der Waals surface area contributed by atoms with E-state index >= 15 is 0 Å². The van der Waals surface area contributed by atoms with Gasteiger partial charge in [-0.25, -0.2) is 9.18 Å². The highest BCUT2D eigenvalue weighted by atomic mass is 19.1. The lowest BCUT2D eigenvalue weighted by atomic mass is 10.1. The Morgan fingerprint density at radius 3 is 2.81 bits per heavy atom. The van der Waals surface area contributed by atoms with Crippen LogP contribution < -0.4 is 0 Å². The number of carbonyl (C=O) groups is 1. The van der Waals surface area contributed by atoms with Gasteiger partial charge in [-0.2, -0.15) is 4.98 Å². The topological polar surface area (TPSA) is 76.2 Å². The fourth-order valence-electron chi connectivity index (χ4n) is 1.30. The quantitative estimate of drug-likeness (QED) is 0.839. The van der Waals surface area contributed by atoms with Crippen LogP contribution >= 0.6 is 0 Å². The molecule has 16 heavy (non-hydrogen) atoms. The molecule has 2 rings (SSSR count). The summed E-state index contributed by atoms with van der Waals surface area (Å²) in [4.78, 5) is 14.8. The average molecular weight is 222 g/mol. The van der Waals surface area contributed by atoms with Crippen molar-refractivity contribution in [2.24, 2.45) is 0 Å². The van der Waals surface area contributed by atoms with Gasteiger partial charge in [-0.05, 0) is 18.2 Å². The van der Waals surface area contributed by atoms with Gasteiger partial charge in [0.25, 0.3) is 0 Å². The smallest absolute Gasteiger partial charge is 0.336 e. The molecule has 0 radical (unpaired) electrons. The van der Waals surface area contributed by atoms with E-state index in [1.54, 1.807) is 6.92 Å². The van der Waals surface area contributed by atoms with E-state index in [0.29, 0.717) is 0 Å². The standard InChI is InChI=1S/C10H7FN2O3/c1-5-12-9(13-16-5)8-4-6(11)2-3-7(8)10(14)15/h2-4H,1H3,(H,14,15). The molecule has 0 aliphatic rings. The zero-order chi connectivity index (χ0) is 11.7. The van der Waals surface area contributed by atoms with Gasteiger partial charge in [0.2, 0.25) is 11.7 Å². The summed E-state index contributed by atoms with van der Waals surface area (Å²) >= 11 is 0. The third-order valence-electron chi connectivity index (χ3n) is 1.98. The summed E-state index contributed by atoms with van der Waals surface area (Å²) in [6, 6.07) is 3.30. The molecule has 1 aromatic carbocycles. The van der Waals surface area contributed by atoms with Crippen LogP contribution in [0.3, 0.4) is 0 Å². The van der Waals surface area contributed by atoms with Crippen LogP contribution in [-0.2, 0) is 0 Å². The molecule has 0 spiro atoms. The largest absolute Gasteiger partial charge is 0.478 e. The molecule has 1 N–H and O–H groups in total. The molecule has 6 heteroatoms. The predicted molar refractivity (Wildman–Crippen MR) is 51.4 cm³/mol. The van der Waals surface area contributed by atoms with Crippen LogP contribution in [0.1, 0.15) is 16.2 Å². The van der Waals surface area contributed by atoms with E-state index in [1.807, 2.05) is 0 Å². The molecule has 0 aliphatic heterocycles. The van der Waals surface area contributed by atoms with E-state index in [0.717, 1.165) is 12.1 Å². The van der Waals surface area contributed by atoms with Gasteiger partial charge in [-0.3, -0.25) is 0 Å². The fourth-order valence-corrected chi connectivity index (χ4v) is 1.30. The van der Waals surface area contributed by atoms with Crippen molar-refractivity contribution in [1.82, 2.24) is 10.1 Å². The molecule has 0 atom stereocenters. The number of rotatable bonds is 2. The second-order valence-electron chi connectivity index (χ2n) is 3.13. The first-order valence-electron chi connectivity index (χ1n) is 4.41. The zero-order valence-corrected chi connectivity index (χ0v) is 8.27. The molecule has 0 bridgehead atoms. The van der Waals surface area contributed by atoms with Gasteiger partial charge in [0.1, 0.15) is 5.82 Å². The van der Waals surface area contributed by atoms with Crippen molar-refractivity contribution in [2.45, 2.75) is 6.92 Å². The summed E-state index contributed by atoms with van der Waals surface area (Å²) in [6.45, 7) is 1.57. The van der Waals surface area contributed by atoms with E-state index in [9.17, 15) is 9.18 Å². The maximum atomic E-state index is 13.0. The van der Waals surface area contributed by atoms with E-state index in [-0.39, 0.29) is 22.8 Å². The van der Waals surface area contributed by atoms with Gasteiger partial charge in [0, 0.05) is 12.5 Å². The maximum absolute atomic E-state index is 13.0. The maximum Gasteiger partial charge on any atom is 0.336 e. The molecule has 1 heterocycles. The van der Waals surface area contributed by atoms with Crippen molar-refractivity contribution in [3.63, 3.8) is 0 Å². The monoisotopic (exact) mass is 222 g/mol. The van der Waals surface area contributed by atoms with Crippen LogP contribution in [0.2, 0.25) is 0 Å². The number of halogens is 1. The van der Waals surface area contributed by atoms with Crippen molar-refractivity contribution in [2.75, 3.05) is 0 Å². The Hall–Kier alpha value is -2.24. The Balaban J connectivity index is 2.62. The Labute approximate surface area is 89.5 Å². The van der Waals surface area contributed by atoms with Crippen molar-refractivity contribution in [1.29, 1.82) is 0 Å². The Morgan fingerprint density at radius 2 is 2.25 bits per heavy atom. The number of hydrogen-bond donors (Lipinski definition) is 1. The Kier molecular flexibility index (Phi) is 2.40. The van der Waals surface area contributed by atoms with E-state index in [4.69, 9.17) is 9.63 Å². The molecular weight excluding hydrogens is 215 g/mol. The summed E-state index contributed by atoms with van der Waals surface area (Å²) < 4.78 is 17.7. The molecule has 2 aromatic rings. The zero-order valence-electron chi connectivity index (χ0n) is 8.27. The van der Waals surface area contributed by atoms with E-state index < -0.39 is 11.8 Å². The number of aryl methyl sites for hydroxylation is 1. The number of aromatic carboxylic acids is 1. The molecule has 5 nitrogen and oxygen atoms in total. The average Bonchev–Trinajstić information content (AvgIpc) is 2.64. The number of benzene rings is 1. The number of carboxylic acids is 1. The van der Waals surface area contributed by atoms with Gasteiger partial charge < -0.3 is 9.63 Å². The fraction of sp³-hybridized carbons (Fsp3) is 0.100. The summed E-state index contributed by atoms with van der Waals surface area (Å²) in [5.74, 6) is -1.37. The summed E-state index contributed by atoms with van der Waals surface area (Å²) in [5, 5.41) is 12.5. The molecule has 1 aromatic heterocycles. The molecule has 0 fully saturated rings. The third-order valence-corrected chi connectivity index (χ3v) is 1.98. The van der Waals surface area contributed by atoms with Gasteiger partial charge in [0.15, 0.2) is 0 Å². The molecule has 0 amide bonds. The van der Waals surface area contributed by atoms with Gasteiger partial charge >= 0.3 is 5.97 Å². The molecular formula is C10H7FN2O3. The van der Waals surface area contributed by atoms with Crippen molar-refractivity contribution in [3.05, 3.63) is 35.5 Å². The highest BCUT2D eigenvalue weighted by Crippen LogP contribution is 2.22. The van der Waals surface area contributed by atoms with Crippen LogP contribution in [0.5, 0.6) is 0 Å². The molecule has 0 unspecified atom stereocenters. The van der Waals surface area contributed by atoms with Crippen molar-refractivity contribution in [3.8, 4) is 11.4 Å². The first-order valence-corrected chi connectivity index (χ1v) is 4.41. The lowest BCUT2D eigenvalue weighted by Crippen LogP contribution is -2.00. The van der Waals surface area contributed by atoms with Crippen molar-refractivity contribution < 1.29 is 18.8 Å². The molecule has 0 saturated heterocycles. The van der Waals surface area contributed by atoms with Gasteiger partial charge in [-0.1, -0.05) is 5.16 Å². The predicted octanol–water partition coefficient (Wildman–Crippen LogP) is 1.88. The first kappa shape index (κ1) is 10.3. The second-order valence-corrected chi connectivity index (χ2v) is 3.13. The summed E-state index contributed by atoms with van der Waals surface area (Å²) in [6.07, 6.45) is 0. The number of hydrogen-bond acceptors (Lipinski definition) is 4. The number of carboxylic acid groups (broad SMARTS) is 1. The highest BCUT2D eigenvalue weighted by molar-refractivity contribution is 5.94. The Morgan fingerprint density at radius 1 is 1.50 bits per heavy atom. The molecule has 82 valence electrons. The van der Waals surface area contributed by atoms with E-state index in [1.165, 1.54) is 6.07 Å². The van der Waals surface area contributed by atoms with Crippen LogP contribution in [0.25, 0.3) is 11.4 Å². The summed E-state index contributed by atoms with van der Waals surface area (Å²) in [7, 11) is 0. The highest BCUT2D eigenvalue weighted by Gasteiger charge is 2.16. The minimum absolute atomic E-state index is 0.0643.